The van der Waals surface area contributed by atoms with E-state index in [4.69, 9.17) is 9.72 Å². The molecular formula is C29H40FN3O3. The van der Waals surface area contributed by atoms with Gasteiger partial charge in [-0.25, -0.2) is 9.37 Å². The molecule has 3 N–H and O–H groups in total. The first kappa shape index (κ1) is 26.6. The number of benzene rings is 1. The SMILES string of the molecule is CC(=O)N[C@@H](Cc1cccc(F)c1)[C@H](O)CN[C@H]1C[C@]2(C[C@H](C)C2)Oc2ncc(CC(C)(C)C)cc21. The van der Waals surface area contributed by atoms with Gasteiger partial charge in [0, 0.05) is 37.7 Å². The first-order chi connectivity index (χ1) is 16.9. The molecule has 2 aromatic rings. The molecule has 1 saturated carbocycles. The van der Waals surface area contributed by atoms with Gasteiger partial charge in [0.15, 0.2) is 0 Å². The van der Waals surface area contributed by atoms with Gasteiger partial charge in [0.05, 0.1) is 12.1 Å². The van der Waals surface area contributed by atoms with E-state index in [1.807, 2.05) is 6.20 Å². The molecule has 3 atom stereocenters. The van der Waals surface area contributed by atoms with Crippen molar-refractivity contribution >= 4 is 5.91 Å². The molecular weight excluding hydrogens is 457 g/mol. The van der Waals surface area contributed by atoms with Crippen molar-refractivity contribution in [3.8, 4) is 5.88 Å². The summed E-state index contributed by atoms with van der Waals surface area (Å²) < 4.78 is 20.1. The molecule has 7 heteroatoms. The van der Waals surface area contributed by atoms with Crippen molar-refractivity contribution in [3.63, 3.8) is 0 Å². The van der Waals surface area contributed by atoms with Crippen molar-refractivity contribution in [1.82, 2.24) is 15.6 Å². The number of aliphatic hydroxyl groups is 1. The molecule has 0 unspecified atom stereocenters. The Hall–Kier alpha value is -2.51. The van der Waals surface area contributed by atoms with Crippen LogP contribution in [0.2, 0.25) is 0 Å². The second kappa shape index (κ2) is 10.5. The van der Waals surface area contributed by atoms with Crippen LogP contribution in [0.5, 0.6) is 5.88 Å². The summed E-state index contributed by atoms with van der Waals surface area (Å²) in [5.41, 5.74) is 2.83. The number of pyridine rings is 1. The van der Waals surface area contributed by atoms with E-state index in [0.717, 1.165) is 42.4 Å². The predicted molar refractivity (Wildman–Crippen MR) is 138 cm³/mol. The van der Waals surface area contributed by atoms with E-state index in [-0.39, 0.29) is 35.3 Å². The van der Waals surface area contributed by atoms with Gasteiger partial charge < -0.3 is 20.5 Å². The summed E-state index contributed by atoms with van der Waals surface area (Å²) in [6, 6.07) is 7.89. The molecule has 1 aliphatic carbocycles. The Morgan fingerprint density at radius 2 is 2.00 bits per heavy atom. The minimum absolute atomic E-state index is 0.0181. The molecule has 0 bridgehead atoms. The van der Waals surface area contributed by atoms with Crippen LogP contribution in [-0.2, 0) is 17.6 Å². The molecule has 1 aliphatic heterocycles. The lowest BCUT2D eigenvalue weighted by Gasteiger charge is -2.50. The Kier molecular flexibility index (Phi) is 7.72. The third-order valence-electron chi connectivity index (χ3n) is 7.15. The number of nitrogens with zero attached hydrogens (tertiary/aromatic N) is 1. The van der Waals surface area contributed by atoms with Crippen LogP contribution in [0.3, 0.4) is 0 Å². The second-order valence-electron chi connectivity index (χ2n) is 12.1. The summed E-state index contributed by atoms with van der Waals surface area (Å²) in [6.45, 7) is 10.6. The van der Waals surface area contributed by atoms with E-state index >= 15 is 0 Å². The third kappa shape index (κ3) is 6.62. The zero-order valence-electron chi connectivity index (χ0n) is 22.1. The molecule has 196 valence electrons. The van der Waals surface area contributed by atoms with E-state index in [1.54, 1.807) is 12.1 Å². The quantitative estimate of drug-likeness (QED) is 0.500. The van der Waals surface area contributed by atoms with Crippen LogP contribution in [0.25, 0.3) is 0 Å². The number of carbonyl (C=O) groups excluding carboxylic acids is 1. The van der Waals surface area contributed by atoms with Gasteiger partial charge >= 0.3 is 0 Å². The number of hydrogen-bond donors (Lipinski definition) is 3. The summed E-state index contributed by atoms with van der Waals surface area (Å²) in [4.78, 5) is 16.6. The number of nitrogens with one attached hydrogen (secondary N) is 2. The van der Waals surface area contributed by atoms with Crippen LogP contribution in [0.15, 0.2) is 36.5 Å². The highest BCUT2D eigenvalue weighted by Crippen LogP contribution is 2.50. The molecule has 0 radical (unpaired) electrons. The summed E-state index contributed by atoms with van der Waals surface area (Å²) >= 11 is 0. The topological polar surface area (TPSA) is 83.5 Å². The van der Waals surface area contributed by atoms with Crippen LogP contribution >= 0.6 is 0 Å². The Morgan fingerprint density at radius 3 is 2.64 bits per heavy atom. The maximum atomic E-state index is 13.7. The minimum Gasteiger partial charge on any atom is -0.471 e. The molecule has 0 saturated heterocycles. The normalized spacial score (nSPS) is 24.9. The number of amides is 1. The van der Waals surface area contributed by atoms with Gasteiger partial charge in [-0.1, -0.05) is 39.8 Å². The summed E-state index contributed by atoms with van der Waals surface area (Å²) in [6.07, 6.45) is 5.10. The highest BCUT2D eigenvalue weighted by atomic mass is 19.1. The molecule has 1 aromatic carbocycles. The van der Waals surface area contributed by atoms with Gasteiger partial charge in [0.25, 0.3) is 0 Å². The van der Waals surface area contributed by atoms with Gasteiger partial charge in [0.1, 0.15) is 11.4 Å². The molecule has 6 nitrogen and oxygen atoms in total. The van der Waals surface area contributed by atoms with Gasteiger partial charge in [-0.05, 0) is 66.3 Å². The first-order valence-electron chi connectivity index (χ1n) is 13.0. The van der Waals surface area contributed by atoms with Crippen molar-refractivity contribution in [1.29, 1.82) is 0 Å². The number of rotatable bonds is 8. The number of fused-ring (bicyclic) bond motifs is 1. The Labute approximate surface area is 214 Å². The lowest BCUT2D eigenvalue weighted by atomic mass is 9.67. The number of halogens is 1. The monoisotopic (exact) mass is 497 g/mol. The largest absolute Gasteiger partial charge is 0.471 e. The van der Waals surface area contributed by atoms with Crippen molar-refractivity contribution < 1.29 is 19.0 Å². The lowest BCUT2D eigenvalue weighted by Crippen LogP contribution is -2.54. The lowest BCUT2D eigenvalue weighted by molar-refractivity contribution is -0.120. The highest BCUT2D eigenvalue weighted by Gasteiger charge is 2.49. The van der Waals surface area contributed by atoms with Crippen molar-refractivity contribution in [2.45, 2.75) is 90.5 Å². The average Bonchev–Trinajstić information content (AvgIpc) is 2.75. The maximum Gasteiger partial charge on any atom is 0.218 e. The van der Waals surface area contributed by atoms with Crippen LogP contribution < -0.4 is 15.4 Å². The van der Waals surface area contributed by atoms with Gasteiger partial charge in [-0.15, -0.1) is 0 Å². The number of carbonyl (C=O) groups is 1. The van der Waals surface area contributed by atoms with Crippen molar-refractivity contribution in [2.75, 3.05) is 6.54 Å². The first-order valence-corrected chi connectivity index (χ1v) is 13.0. The standard InChI is InChI=1S/C29H40FN3O3/c1-18-12-29(13-18)15-25(23-10-21(14-28(3,4)5)16-32-27(23)36-29)31-17-26(35)24(33-19(2)34)11-20-7-6-8-22(30)9-20/h6-10,16,18,24-26,31,35H,11-15,17H2,1-5H3,(H,33,34)/t18-,24-,25-,26+,29+/m0/s1. The molecule has 1 aromatic heterocycles. The Balaban J connectivity index is 1.51. The fraction of sp³-hybridized carbons (Fsp3) is 0.586. The molecule has 2 aliphatic rings. The third-order valence-corrected chi connectivity index (χ3v) is 7.15. The van der Waals surface area contributed by atoms with E-state index in [0.29, 0.717) is 18.2 Å². The summed E-state index contributed by atoms with van der Waals surface area (Å²) in [5, 5.41) is 17.5. The number of ether oxygens (including phenoxy) is 1. The number of aromatic nitrogens is 1. The Morgan fingerprint density at radius 1 is 1.25 bits per heavy atom. The average molecular weight is 498 g/mol. The zero-order chi connectivity index (χ0) is 26.1. The zero-order valence-corrected chi connectivity index (χ0v) is 22.1. The predicted octanol–water partition coefficient (Wildman–Crippen LogP) is 4.50. The Bertz CT molecular complexity index is 1080. The van der Waals surface area contributed by atoms with Crippen LogP contribution in [0.4, 0.5) is 4.39 Å². The van der Waals surface area contributed by atoms with Crippen LogP contribution in [0.1, 0.15) is 76.6 Å². The van der Waals surface area contributed by atoms with E-state index in [2.05, 4.69) is 44.4 Å². The number of aliphatic hydroxyl groups excluding tert-OH is 1. The summed E-state index contributed by atoms with van der Waals surface area (Å²) in [7, 11) is 0. The molecule has 4 rings (SSSR count). The minimum atomic E-state index is -0.856. The van der Waals surface area contributed by atoms with E-state index < -0.39 is 12.1 Å². The molecule has 36 heavy (non-hydrogen) atoms. The smallest absolute Gasteiger partial charge is 0.218 e. The highest BCUT2D eigenvalue weighted by molar-refractivity contribution is 5.73. The van der Waals surface area contributed by atoms with E-state index in [1.165, 1.54) is 19.1 Å². The van der Waals surface area contributed by atoms with Gasteiger partial charge in [-0.3, -0.25) is 4.79 Å². The van der Waals surface area contributed by atoms with E-state index in [9.17, 15) is 14.3 Å². The maximum absolute atomic E-state index is 13.7. The second-order valence-corrected chi connectivity index (χ2v) is 12.1. The van der Waals surface area contributed by atoms with Crippen LogP contribution in [0, 0.1) is 17.2 Å². The molecule has 2 heterocycles. The molecule has 1 fully saturated rings. The van der Waals surface area contributed by atoms with Crippen molar-refractivity contribution in [3.05, 3.63) is 59.0 Å². The number of hydrogen-bond acceptors (Lipinski definition) is 5. The van der Waals surface area contributed by atoms with Crippen LogP contribution in [-0.4, -0.2) is 40.3 Å². The fourth-order valence-corrected chi connectivity index (χ4v) is 5.80. The summed E-state index contributed by atoms with van der Waals surface area (Å²) in [5.74, 6) is 0.730. The van der Waals surface area contributed by atoms with Crippen molar-refractivity contribution in [2.24, 2.45) is 11.3 Å². The van der Waals surface area contributed by atoms with Gasteiger partial charge in [-0.2, -0.15) is 0 Å². The fourth-order valence-electron chi connectivity index (χ4n) is 5.80. The molecule has 1 spiro atoms. The van der Waals surface area contributed by atoms with Gasteiger partial charge in [0.2, 0.25) is 11.8 Å². The molecule has 1 amide bonds.